The minimum atomic E-state index is 0. The van der Waals surface area contributed by atoms with Gasteiger partial charge in [-0.15, -0.1) is 24.0 Å². The molecule has 2 aromatic rings. The molecule has 2 aromatic carbocycles. The number of rotatable bonds is 8. The lowest BCUT2D eigenvalue weighted by Crippen LogP contribution is -2.37. The molecule has 0 radical (unpaired) electrons. The standard InChI is InChI=1S/C22H30N4O3.HI/c1-23-22(25-15-17-9-10-19(28-4)20(14-17)29-5)24-12-11-16-7-6-8-18(13-16)21(27)26(2)3;/h6-10,13-14H,11-12,15H2,1-5H3,(H2,23,24,25);1H. The van der Waals surface area contributed by atoms with Gasteiger partial charge in [0, 0.05) is 39.8 Å². The Morgan fingerprint density at radius 2 is 1.73 bits per heavy atom. The Morgan fingerprint density at radius 3 is 2.37 bits per heavy atom. The van der Waals surface area contributed by atoms with E-state index in [2.05, 4.69) is 15.6 Å². The van der Waals surface area contributed by atoms with Gasteiger partial charge in [-0.25, -0.2) is 0 Å². The summed E-state index contributed by atoms with van der Waals surface area (Å²) < 4.78 is 10.6. The zero-order valence-electron chi connectivity index (χ0n) is 18.2. The first-order valence-electron chi connectivity index (χ1n) is 9.44. The second kappa shape index (κ2) is 12.9. The summed E-state index contributed by atoms with van der Waals surface area (Å²) in [6.07, 6.45) is 0.783. The van der Waals surface area contributed by atoms with E-state index < -0.39 is 0 Å². The summed E-state index contributed by atoms with van der Waals surface area (Å²) in [7, 11) is 8.49. The first-order chi connectivity index (χ1) is 14.0. The highest BCUT2D eigenvalue weighted by atomic mass is 127. The second-order valence-corrected chi connectivity index (χ2v) is 6.69. The van der Waals surface area contributed by atoms with Gasteiger partial charge in [-0.05, 0) is 41.8 Å². The van der Waals surface area contributed by atoms with Crippen LogP contribution in [0.3, 0.4) is 0 Å². The van der Waals surface area contributed by atoms with E-state index in [-0.39, 0.29) is 29.9 Å². The Balaban J connectivity index is 0.00000450. The average Bonchev–Trinajstić information content (AvgIpc) is 2.75. The van der Waals surface area contributed by atoms with Crippen LogP contribution in [0.4, 0.5) is 0 Å². The Labute approximate surface area is 195 Å². The maximum Gasteiger partial charge on any atom is 0.253 e. The fourth-order valence-electron chi connectivity index (χ4n) is 2.84. The van der Waals surface area contributed by atoms with Gasteiger partial charge >= 0.3 is 0 Å². The number of nitrogens with one attached hydrogen (secondary N) is 2. The third-order valence-corrected chi connectivity index (χ3v) is 4.42. The van der Waals surface area contributed by atoms with Gasteiger partial charge in [-0.3, -0.25) is 9.79 Å². The van der Waals surface area contributed by atoms with E-state index in [9.17, 15) is 4.79 Å². The van der Waals surface area contributed by atoms with E-state index in [1.165, 1.54) is 0 Å². The Kier molecular flexibility index (Phi) is 11.0. The van der Waals surface area contributed by atoms with Crippen LogP contribution in [0.15, 0.2) is 47.5 Å². The normalized spacial score (nSPS) is 10.6. The molecule has 30 heavy (non-hydrogen) atoms. The van der Waals surface area contributed by atoms with Crippen LogP contribution in [0.1, 0.15) is 21.5 Å². The van der Waals surface area contributed by atoms with Gasteiger partial charge in [0.25, 0.3) is 5.91 Å². The summed E-state index contributed by atoms with van der Waals surface area (Å²) in [4.78, 5) is 17.9. The zero-order valence-corrected chi connectivity index (χ0v) is 20.5. The monoisotopic (exact) mass is 526 g/mol. The van der Waals surface area contributed by atoms with Crippen molar-refractivity contribution in [3.63, 3.8) is 0 Å². The van der Waals surface area contributed by atoms with Gasteiger partial charge in [0.1, 0.15) is 0 Å². The van der Waals surface area contributed by atoms with E-state index in [4.69, 9.17) is 9.47 Å². The Hall–Kier alpha value is -2.49. The minimum Gasteiger partial charge on any atom is -0.493 e. The summed E-state index contributed by atoms with van der Waals surface area (Å²) >= 11 is 0. The molecule has 164 valence electrons. The van der Waals surface area contributed by atoms with Crippen molar-refractivity contribution in [2.75, 3.05) is 41.9 Å². The number of amides is 1. The molecular weight excluding hydrogens is 495 g/mol. The fourth-order valence-corrected chi connectivity index (χ4v) is 2.84. The van der Waals surface area contributed by atoms with Gasteiger partial charge < -0.3 is 25.0 Å². The van der Waals surface area contributed by atoms with Crippen LogP contribution >= 0.6 is 24.0 Å². The first kappa shape index (κ1) is 25.5. The van der Waals surface area contributed by atoms with Crippen LogP contribution < -0.4 is 20.1 Å². The predicted molar refractivity (Wildman–Crippen MR) is 131 cm³/mol. The Morgan fingerprint density at radius 1 is 1.00 bits per heavy atom. The smallest absolute Gasteiger partial charge is 0.253 e. The molecule has 2 rings (SSSR count). The summed E-state index contributed by atoms with van der Waals surface area (Å²) in [5, 5.41) is 6.59. The lowest BCUT2D eigenvalue weighted by atomic mass is 10.1. The van der Waals surface area contributed by atoms with Crippen LogP contribution in [-0.2, 0) is 13.0 Å². The molecule has 2 N–H and O–H groups in total. The predicted octanol–water partition coefficient (Wildman–Crippen LogP) is 2.93. The van der Waals surface area contributed by atoms with E-state index >= 15 is 0 Å². The number of methoxy groups -OCH3 is 2. The van der Waals surface area contributed by atoms with Gasteiger partial charge in [0.15, 0.2) is 17.5 Å². The fraction of sp³-hybridized carbons (Fsp3) is 0.364. The molecule has 0 atom stereocenters. The van der Waals surface area contributed by atoms with Crippen LogP contribution in [0.5, 0.6) is 11.5 Å². The third-order valence-electron chi connectivity index (χ3n) is 4.42. The van der Waals surface area contributed by atoms with Crippen molar-refractivity contribution in [2.24, 2.45) is 4.99 Å². The van der Waals surface area contributed by atoms with E-state index in [0.29, 0.717) is 36.1 Å². The number of ether oxygens (including phenoxy) is 2. The van der Waals surface area contributed by atoms with E-state index in [1.54, 1.807) is 40.3 Å². The first-order valence-corrected chi connectivity index (χ1v) is 9.44. The lowest BCUT2D eigenvalue weighted by Gasteiger charge is -2.14. The van der Waals surface area contributed by atoms with Crippen LogP contribution in [0.2, 0.25) is 0 Å². The molecule has 0 heterocycles. The van der Waals surface area contributed by atoms with Gasteiger partial charge in [-0.1, -0.05) is 18.2 Å². The number of aliphatic imine (C=N–C) groups is 1. The maximum atomic E-state index is 12.1. The number of halogens is 1. The summed E-state index contributed by atoms with van der Waals surface area (Å²) in [6, 6.07) is 13.5. The molecule has 0 bridgehead atoms. The van der Waals surface area contributed by atoms with E-state index in [1.807, 2.05) is 42.5 Å². The van der Waals surface area contributed by atoms with Crippen LogP contribution in [-0.4, -0.2) is 58.7 Å². The summed E-state index contributed by atoms with van der Waals surface area (Å²) in [5.74, 6) is 2.11. The van der Waals surface area contributed by atoms with Crippen molar-refractivity contribution >= 4 is 35.8 Å². The summed E-state index contributed by atoms with van der Waals surface area (Å²) in [5.41, 5.74) is 2.85. The topological polar surface area (TPSA) is 75.2 Å². The minimum absolute atomic E-state index is 0. The number of hydrogen-bond donors (Lipinski definition) is 2. The second-order valence-electron chi connectivity index (χ2n) is 6.69. The molecule has 0 spiro atoms. The molecule has 0 aromatic heterocycles. The van der Waals surface area contributed by atoms with Crippen molar-refractivity contribution in [3.8, 4) is 11.5 Å². The van der Waals surface area contributed by atoms with Crippen LogP contribution in [0.25, 0.3) is 0 Å². The Bertz CT molecular complexity index is 856. The molecule has 0 aliphatic carbocycles. The highest BCUT2D eigenvalue weighted by Gasteiger charge is 2.08. The molecule has 0 aliphatic rings. The maximum absolute atomic E-state index is 12.1. The molecule has 0 saturated carbocycles. The number of guanidine groups is 1. The van der Waals surface area contributed by atoms with Crippen molar-refractivity contribution in [2.45, 2.75) is 13.0 Å². The third kappa shape index (κ3) is 7.40. The molecular formula is C22H31IN4O3. The molecule has 0 saturated heterocycles. The SMILES string of the molecule is CN=C(NCCc1cccc(C(=O)N(C)C)c1)NCc1ccc(OC)c(OC)c1.I. The highest BCUT2D eigenvalue weighted by molar-refractivity contribution is 14.0. The van der Waals surface area contributed by atoms with Gasteiger partial charge in [-0.2, -0.15) is 0 Å². The van der Waals surface area contributed by atoms with Crippen molar-refractivity contribution in [1.82, 2.24) is 15.5 Å². The molecule has 1 amide bonds. The highest BCUT2D eigenvalue weighted by Crippen LogP contribution is 2.27. The number of carbonyl (C=O) groups excluding carboxylic acids is 1. The average molecular weight is 526 g/mol. The van der Waals surface area contributed by atoms with Crippen LogP contribution in [0, 0.1) is 0 Å². The largest absolute Gasteiger partial charge is 0.493 e. The number of hydrogen-bond acceptors (Lipinski definition) is 4. The van der Waals surface area contributed by atoms with Gasteiger partial charge in [0.2, 0.25) is 0 Å². The zero-order chi connectivity index (χ0) is 21.2. The molecule has 8 heteroatoms. The quantitative estimate of drug-likeness (QED) is 0.315. The van der Waals surface area contributed by atoms with Crippen molar-refractivity contribution in [1.29, 1.82) is 0 Å². The summed E-state index contributed by atoms with van der Waals surface area (Å²) in [6.45, 7) is 1.30. The molecule has 0 fully saturated rings. The lowest BCUT2D eigenvalue weighted by molar-refractivity contribution is 0.0827. The number of benzene rings is 2. The number of nitrogens with zero attached hydrogens (tertiary/aromatic N) is 2. The molecule has 0 unspecified atom stereocenters. The van der Waals surface area contributed by atoms with Crippen molar-refractivity contribution in [3.05, 3.63) is 59.2 Å². The van der Waals surface area contributed by atoms with Gasteiger partial charge in [0.05, 0.1) is 14.2 Å². The number of carbonyl (C=O) groups is 1. The van der Waals surface area contributed by atoms with Crippen molar-refractivity contribution < 1.29 is 14.3 Å². The molecule has 0 aliphatic heterocycles. The molecule has 7 nitrogen and oxygen atoms in total. The van der Waals surface area contributed by atoms with E-state index in [0.717, 1.165) is 17.5 Å².